The Labute approximate surface area is 195 Å². The fourth-order valence-electron chi connectivity index (χ4n) is 3.00. The molecule has 0 unspecified atom stereocenters. The second-order valence-electron chi connectivity index (χ2n) is 6.69. The van der Waals surface area contributed by atoms with E-state index in [9.17, 15) is 16.8 Å². The Balaban J connectivity index is 1.78. The van der Waals surface area contributed by atoms with Gasteiger partial charge in [0.1, 0.15) is 0 Å². The first-order valence-corrected chi connectivity index (χ1v) is 12.8. The highest BCUT2D eigenvalue weighted by Gasteiger charge is 2.22. The Kier molecular flexibility index (Phi) is 6.05. The summed E-state index contributed by atoms with van der Waals surface area (Å²) in [7, 11) is -8.02. The summed E-state index contributed by atoms with van der Waals surface area (Å²) in [6.45, 7) is 0. The van der Waals surface area contributed by atoms with E-state index in [2.05, 4.69) is 8.80 Å². The van der Waals surface area contributed by atoms with Crippen molar-refractivity contribution >= 4 is 54.7 Å². The number of hydrogen-bond acceptors (Lipinski definition) is 4. The molecular weight excluding hydrogens is 491 g/mol. The molecule has 0 radical (unpaired) electrons. The van der Waals surface area contributed by atoms with E-state index < -0.39 is 20.0 Å². The first-order chi connectivity index (χ1) is 15.2. The summed E-state index contributed by atoms with van der Waals surface area (Å²) in [5.41, 5.74) is 1.21. The molecule has 0 heterocycles. The molecule has 1 aliphatic carbocycles. The molecule has 10 heteroatoms. The van der Waals surface area contributed by atoms with Gasteiger partial charge in [-0.1, -0.05) is 47.5 Å². The Morgan fingerprint density at radius 3 is 1.22 bits per heavy atom. The minimum atomic E-state index is -4.01. The molecule has 0 amide bonds. The molecule has 0 aliphatic heterocycles. The lowest BCUT2D eigenvalue weighted by Gasteiger charge is -2.15. The average Bonchev–Trinajstić information content (AvgIpc) is 2.76. The van der Waals surface area contributed by atoms with Crippen molar-refractivity contribution in [3.8, 4) is 0 Å². The molecule has 0 saturated carbocycles. The zero-order chi connectivity index (χ0) is 22.9. The molecule has 4 rings (SSSR count). The van der Waals surface area contributed by atoms with Crippen molar-refractivity contribution in [2.24, 2.45) is 8.80 Å². The van der Waals surface area contributed by atoms with Crippen molar-refractivity contribution in [3.05, 3.63) is 106 Å². The van der Waals surface area contributed by atoms with Crippen molar-refractivity contribution in [2.45, 2.75) is 9.79 Å². The number of nitrogens with zero attached hydrogens (tertiary/aromatic N) is 2. The van der Waals surface area contributed by atoms with Crippen LogP contribution in [0.1, 0.15) is 11.1 Å². The molecule has 0 saturated heterocycles. The Hall–Kier alpha value is -2.78. The third kappa shape index (κ3) is 4.68. The van der Waals surface area contributed by atoms with Gasteiger partial charge in [-0.3, -0.25) is 0 Å². The number of hydrogen-bond donors (Lipinski definition) is 0. The second kappa shape index (κ2) is 8.63. The number of sulfonamides is 2. The number of benzene rings is 3. The van der Waals surface area contributed by atoms with E-state index in [0.29, 0.717) is 21.2 Å². The van der Waals surface area contributed by atoms with Crippen LogP contribution >= 0.6 is 23.2 Å². The molecular formula is C22H14Cl2N2O4S2. The molecule has 32 heavy (non-hydrogen) atoms. The van der Waals surface area contributed by atoms with E-state index in [1.54, 1.807) is 24.3 Å². The van der Waals surface area contributed by atoms with Crippen molar-refractivity contribution in [2.75, 3.05) is 0 Å². The molecule has 0 fully saturated rings. The lowest BCUT2D eigenvalue weighted by atomic mass is 9.94. The fourth-order valence-corrected chi connectivity index (χ4v) is 5.26. The lowest BCUT2D eigenvalue weighted by Crippen LogP contribution is -2.16. The van der Waals surface area contributed by atoms with E-state index in [4.69, 9.17) is 23.2 Å². The topological polar surface area (TPSA) is 93.0 Å². The van der Waals surface area contributed by atoms with Crippen LogP contribution in [-0.2, 0) is 20.0 Å². The standard InChI is InChI=1S/C22H14Cl2N2O4S2/c23-15-5-9-17(10-6-15)31(27,28)25-21-13-14-22(20-4-2-1-3-19(20)21)26-32(29,30)18-11-7-16(24)8-12-18/h1-14H/b25-21+,26-22+. The van der Waals surface area contributed by atoms with E-state index >= 15 is 0 Å². The highest BCUT2D eigenvalue weighted by atomic mass is 35.5. The molecule has 0 N–H and O–H groups in total. The highest BCUT2D eigenvalue weighted by molar-refractivity contribution is 7.90. The SMILES string of the molecule is O=S(=O)(/N=C1C=C/C(=N\S(=O)(=O)c2ccc(Cl)cc2)c2ccccc2\1)c1ccc(Cl)cc1. The monoisotopic (exact) mass is 504 g/mol. The molecule has 162 valence electrons. The van der Waals surface area contributed by atoms with E-state index in [-0.39, 0.29) is 21.2 Å². The van der Waals surface area contributed by atoms with Crippen LogP contribution < -0.4 is 0 Å². The summed E-state index contributed by atoms with van der Waals surface area (Å²) in [6, 6.07) is 18.0. The first-order valence-electron chi connectivity index (χ1n) is 9.15. The predicted octanol–water partition coefficient (Wildman–Crippen LogP) is 4.92. The Morgan fingerprint density at radius 1 is 0.531 bits per heavy atom. The highest BCUT2D eigenvalue weighted by Crippen LogP contribution is 2.24. The second-order valence-corrected chi connectivity index (χ2v) is 10.8. The summed E-state index contributed by atoms with van der Waals surface area (Å²) >= 11 is 11.7. The summed E-state index contributed by atoms with van der Waals surface area (Å²) < 4.78 is 58.9. The van der Waals surface area contributed by atoms with E-state index in [0.717, 1.165) is 0 Å². The quantitative estimate of drug-likeness (QED) is 0.503. The van der Waals surface area contributed by atoms with Crippen molar-refractivity contribution < 1.29 is 16.8 Å². The predicted molar refractivity (Wildman–Crippen MR) is 126 cm³/mol. The van der Waals surface area contributed by atoms with Crippen LogP contribution in [0.5, 0.6) is 0 Å². The first kappa shape index (κ1) is 22.4. The summed E-state index contributed by atoms with van der Waals surface area (Å²) in [5, 5.41) is 0.810. The molecule has 0 atom stereocenters. The normalized spacial score (nSPS) is 16.3. The van der Waals surface area contributed by atoms with Gasteiger partial charge in [0.15, 0.2) is 0 Å². The van der Waals surface area contributed by atoms with Gasteiger partial charge in [-0.15, -0.1) is 0 Å². The van der Waals surface area contributed by atoms with Gasteiger partial charge in [-0.05, 0) is 60.7 Å². The maximum Gasteiger partial charge on any atom is 0.282 e. The summed E-state index contributed by atoms with van der Waals surface area (Å²) in [4.78, 5) is -0.0184. The third-order valence-corrected chi connectivity index (χ3v) is 7.65. The molecule has 3 aromatic rings. The number of rotatable bonds is 4. The van der Waals surface area contributed by atoms with Gasteiger partial charge in [0.05, 0.1) is 21.2 Å². The van der Waals surface area contributed by atoms with Crippen LogP contribution in [0.2, 0.25) is 10.0 Å². The van der Waals surface area contributed by atoms with Crippen molar-refractivity contribution in [1.82, 2.24) is 0 Å². The Morgan fingerprint density at radius 2 is 0.875 bits per heavy atom. The molecule has 0 bridgehead atoms. The zero-order valence-electron chi connectivity index (χ0n) is 16.2. The minimum Gasteiger partial charge on any atom is -0.199 e. The Bertz CT molecular complexity index is 1380. The van der Waals surface area contributed by atoms with Crippen LogP contribution in [0.15, 0.2) is 104 Å². The maximum absolute atomic E-state index is 12.7. The number of fused-ring (bicyclic) bond motifs is 1. The third-order valence-electron chi connectivity index (χ3n) is 4.54. The number of allylic oxidation sites excluding steroid dienone is 2. The summed E-state index contributed by atoms with van der Waals surface area (Å²) in [5.74, 6) is 0. The maximum atomic E-state index is 12.7. The van der Waals surface area contributed by atoms with Gasteiger partial charge < -0.3 is 0 Å². The average molecular weight is 505 g/mol. The van der Waals surface area contributed by atoms with Crippen LogP contribution in [0.3, 0.4) is 0 Å². The zero-order valence-corrected chi connectivity index (χ0v) is 19.3. The van der Waals surface area contributed by atoms with Gasteiger partial charge in [0.25, 0.3) is 20.0 Å². The van der Waals surface area contributed by atoms with E-state index in [1.165, 1.54) is 60.7 Å². The van der Waals surface area contributed by atoms with Gasteiger partial charge in [0, 0.05) is 21.2 Å². The minimum absolute atomic E-state index is 0.00920. The lowest BCUT2D eigenvalue weighted by molar-refractivity contribution is 0.596. The fraction of sp³-hybridized carbons (Fsp3) is 0. The van der Waals surface area contributed by atoms with Gasteiger partial charge in [-0.25, -0.2) is 0 Å². The van der Waals surface area contributed by atoms with Crippen LogP contribution in [-0.4, -0.2) is 28.3 Å². The molecule has 6 nitrogen and oxygen atoms in total. The van der Waals surface area contributed by atoms with Gasteiger partial charge >= 0.3 is 0 Å². The molecule has 3 aromatic carbocycles. The molecule has 0 aromatic heterocycles. The molecule has 1 aliphatic rings. The summed E-state index contributed by atoms with van der Waals surface area (Å²) in [6.07, 6.45) is 2.85. The van der Waals surface area contributed by atoms with Gasteiger partial charge in [-0.2, -0.15) is 25.6 Å². The van der Waals surface area contributed by atoms with Gasteiger partial charge in [0.2, 0.25) is 0 Å². The smallest absolute Gasteiger partial charge is 0.199 e. The van der Waals surface area contributed by atoms with E-state index in [1.807, 2.05) is 0 Å². The molecule has 0 spiro atoms. The van der Waals surface area contributed by atoms with Crippen LogP contribution in [0.25, 0.3) is 0 Å². The number of halogens is 2. The van der Waals surface area contributed by atoms with Crippen LogP contribution in [0, 0.1) is 0 Å². The van der Waals surface area contributed by atoms with Crippen LogP contribution in [0.4, 0.5) is 0 Å². The largest absolute Gasteiger partial charge is 0.282 e. The van der Waals surface area contributed by atoms with Crippen molar-refractivity contribution in [3.63, 3.8) is 0 Å². The van der Waals surface area contributed by atoms with Crippen molar-refractivity contribution in [1.29, 1.82) is 0 Å².